The number of aliphatic hydroxyl groups excluding tert-OH is 1. The summed E-state index contributed by atoms with van der Waals surface area (Å²) >= 11 is 0. The monoisotopic (exact) mass is 158 g/mol. The summed E-state index contributed by atoms with van der Waals surface area (Å²) in [7, 11) is 0. The Balaban J connectivity index is 3.17. The van der Waals surface area contributed by atoms with E-state index in [1.807, 2.05) is 0 Å². The SMILES string of the molecule is CCCCCC[C@H](O)C(C)=O. The molecule has 0 saturated carbocycles. The molecule has 0 radical (unpaired) electrons. The molecule has 0 aliphatic rings. The zero-order valence-corrected chi connectivity index (χ0v) is 7.47. The maximum atomic E-state index is 10.6. The minimum absolute atomic E-state index is 0.110. The van der Waals surface area contributed by atoms with Crippen molar-refractivity contribution in [1.82, 2.24) is 0 Å². The Morgan fingerprint density at radius 3 is 2.45 bits per heavy atom. The maximum Gasteiger partial charge on any atom is 0.158 e. The molecule has 0 fully saturated rings. The van der Waals surface area contributed by atoms with Gasteiger partial charge in [-0.05, 0) is 13.3 Å². The van der Waals surface area contributed by atoms with Crippen molar-refractivity contribution in [1.29, 1.82) is 0 Å². The fourth-order valence-corrected chi connectivity index (χ4v) is 0.968. The van der Waals surface area contributed by atoms with Gasteiger partial charge in [0.2, 0.25) is 0 Å². The standard InChI is InChI=1S/C9H18O2/c1-3-4-5-6-7-9(11)8(2)10/h9,11H,3-7H2,1-2H3/t9-/m0/s1. The number of carbonyl (C=O) groups is 1. The molecule has 0 aliphatic heterocycles. The minimum Gasteiger partial charge on any atom is -0.385 e. The van der Waals surface area contributed by atoms with Crippen molar-refractivity contribution in [3.05, 3.63) is 0 Å². The molecule has 66 valence electrons. The van der Waals surface area contributed by atoms with E-state index in [1.165, 1.54) is 19.8 Å². The van der Waals surface area contributed by atoms with Crippen LogP contribution in [0.1, 0.15) is 46.0 Å². The molecule has 0 aromatic rings. The van der Waals surface area contributed by atoms with E-state index < -0.39 is 6.10 Å². The molecule has 1 N–H and O–H groups in total. The van der Waals surface area contributed by atoms with Crippen LogP contribution in [0.3, 0.4) is 0 Å². The first-order valence-corrected chi connectivity index (χ1v) is 4.37. The molecule has 0 bridgehead atoms. The summed E-state index contributed by atoms with van der Waals surface area (Å²) in [6.07, 6.45) is 4.40. The van der Waals surface area contributed by atoms with Gasteiger partial charge in [0.1, 0.15) is 6.10 Å². The van der Waals surface area contributed by atoms with Crippen molar-refractivity contribution in [2.75, 3.05) is 0 Å². The second-order valence-corrected chi connectivity index (χ2v) is 2.98. The highest BCUT2D eigenvalue weighted by Crippen LogP contribution is 2.05. The molecule has 0 unspecified atom stereocenters. The Labute approximate surface area is 68.6 Å². The quantitative estimate of drug-likeness (QED) is 0.599. The number of hydrogen-bond acceptors (Lipinski definition) is 2. The van der Waals surface area contributed by atoms with Crippen LogP contribution in [-0.2, 0) is 4.79 Å². The predicted molar refractivity (Wildman–Crippen MR) is 45.4 cm³/mol. The van der Waals surface area contributed by atoms with Crippen molar-refractivity contribution in [2.24, 2.45) is 0 Å². The number of unbranched alkanes of at least 4 members (excludes halogenated alkanes) is 3. The van der Waals surface area contributed by atoms with E-state index in [-0.39, 0.29) is 5.78 Å². The van der Waals surface area contributed by atoms with E-state index in [0.29, 0.717) is 6.42 Å². The first kappa shape index (κ1) is 10.6. The zero-order valence-electron chi connectivity index (χ0n) is 7.47. The molecule has 2 heteroatoms. The summed E-state index contributed by atoms with van der Waals surface area (Å²) < 4.78 is 0. The largest absolute Gasteiger partial charge is 0.385 e. The number of rotatable bonds is 6. The zero-order chi connectivity index (χ0) is 8.69. The van der Waals surface area contributed by atoms with Gasteiger partial charge in [-0.15, -0.1) is 0 Å². The molecule has 11 heavy (non-hydrogen) atoms. The third-order valence-electron chi connectivity index (χ3n) is 1.80. The molecule has 0 aromatic heterocycles. The lowest BCUT2D eigenvalue weighted by atomic mass is 10.1. The summed E-state index contributed by atoms with van der Waals surface area (Å²) in [5.41, 5.74) is 0. The van der Waals surface area contributed by atoms with Gasteiger partial charge in [-0.2, -0.15) is 0 Å². The van der Waals surface area contributed by atoms with Crippen LogP contribution in [0, 0.1) is 0 Å². The van der Waals surface area contributed by atoms with Crippen LogP contribution in [0.4, 0.5) is 0 Å². The van der Waals surface area contributed by atoms with Gasteiger partial charge in [0.25, 0.3) is 0 Å². The molecule has 2 nitrogen and oxygen atoms in total. The normalized spacial score (nSPS) is 13.0. The summed E-state index contributed by atoms with van der Waals surface area (Å²) in [6.45, 7) is 3.58. The number of hydrogen-bond donors (Lipinski definition) is 1. The summed E-state index contributed by atoms with van der Waals surface area (Å²) in [6, 6.07) is 0. The number of carbonyl (C=O) groups excluding carboxylic acids is 1. The van der Waals surface area contributed by atoms with E-state index in [4.69, 9.17) is 5.11 Å². The van der Waals surface area contributed by atoms with E-state index >= 15 is 0 Å². The molecular weight excluding hydrogens is 140 g/mol. The van der Waals surface area contributed by atoms with E-state index in [2.05, 4.69) is 6.92 Å². The fraction of sp³-hybridized carbons (Fsp3) is 0.889. The molecule has 0 heterocycles. The summed E-state index contributed by atoms with van der Waals surface area (Å²) in [4.78, 5) is 10.6. The van der Waals surface area contributed by atoms with Crippen molar-refractivity contribution in [2.45, 2.75) is 52.1 Å². The average Bonchev–Trinajstić information content (AvgIpc) is 1.97. The number of ketones is 1. The summed E-state index contributed by atoms with van der Waals surface area (Å²) in [5, 5.41) is 9.08. The van der Waals surface area contributed by atoms with Gasteiger partial charge in [-0.3, -0.25) is 4.79 Å². The maximum absolute atomic E-state index is 10.6. The van der Waals surface area contributed by atoms with Crippen LogP contribution in [0.2, 0.25) is 0 Å². The first-order chi connectivity index (χ1) is 5.18. The molecule has 0 aliphatic carbocycles. The van der Waals surface area contributed by atoms with Gasteiger partial charge >= 0.3 is 0 Å². The van der Waals surface area contributed by atoms with Crippen LogP contribution < -0.4 is 0 Å². The van der Waals surface area contributed by atoms with Crippen LogP contribution >= 0.6 is 0 Å². The van der Waals surface area contributed by atoms with Gasteiger partial charge in [0.05, 0.1) is 0 Å². The molecule has 0 aromatic carbocycles. The third-order valence-corrected chi connectivity index (χ3v) is 1.80. The Bertz CT molecular complexity index is 110. The van der Waals surface area contributed by atoms with Gasteiger partial charge in [0, 0.05) is 0 Å². The second kappa shape index (κ2) is 6.35. The third kappa shape index (κ3) is 6.05. The number of aliphatic hydroxyl groups is 1. The Kier molecular flexibility index (Phi) is 6.13. The highest BCUT2D eigenvalue weighted by atomic mass is 16.3. The second-order valence-electron chi connectivity index (χ2n) is 2.98. The van der Waals surface area contributed by atoms with E-state index in [0.717, 1.165) is 12.8 Å². The highest BCUT2D eigenvalue weighted by Gasteiger charge is 2.07. The minimum atomic E-state index is -0.716. The highest BCUT2D eigenvalue weighted by molar-refractivity contribution is 5.79. The summed E-state index contributed by atoms with van der Waals surface area (Å²) in [5.74, 6) is -0.110. The van der Waals surface area contributed by atoms with Gasteiger partial charge in [0.15, 0.2) is 5.78 Å². The van der Waals surface area contributed by atoms with Crippen LogP contribution in [0.5, 0.6) is 0 Å². The van der Waals surface area contributed by atoms with Crippen LogP contribution in [0.25, 0.3) is 0 Å². The average molecular weight is 158 g/mol. The Hall–Kier alpha value is -0.370. The predicted octanol–water partition coefficient (Wildman–Crippen LogP) is 1.91. The molecular formula is C9H18O2. The number of Topliss-reactive ketones (excluding diaryl/α,β-unsaturated/α-hetero) is 1. The van der Waals surface area contributed by atoms with Crippen LogP contribution in [0.15, 0.2) is 0 Å². The van der Waals surface area contributed by atoms with Crippen molar-refractivity contribution < 1.29 is 9.90 Å². The van der Waals surface area contributed by atoms with E-state index in [9.17, 15) is 4.79 Å². The molecule has 0 saturated heterocycles. The van der Waals surface area contributed by atoms with Gasteiger partial charge < -0.3 is 5.11 Å². The molecule has 0 spiro atoms. The lowest BCUT2D eigenvalue weighted by Crippen LogP contribution is -2.16. The topological polar surface area (TPSA) is 37.3 Å². The van der Waals surface area contributed by atoms with Gasteiger partial charge in [-0.25, -0.2) is 0 Å². The Morgan fingerprint density at radius 1 is 1.36 bits per heavy atom. The lowest BCUT2D eigenvalue weighted by molar-refractivity contribution is -0.125. The fourth-order valence-electron chi connectivity index (χ4n) is 0.968. The van der Waals surface area contributed by atoms with Gasteiger partial charge in [-0.1, -0.05) is 32.6 Å². The molecule has 1 atom stereocenters. The molecule has 0 amide bonds. The van der Waals surface area contributed by atoms with Crippen molar-refractivity contribution >= 4 is 5.78 Å². The Morgan fingerprint density at radius 2 is 2.00 bits per heavy atom. The van der Waals surface area contributed by atoms with Crippen molar-refractivity contribution in [3.63, 3.8) is 0 Å². The van der Waals surface area contributed by atoms with Crippen molar-refractivity contribution in [3.8, 4) is 0 Å². The smallest absolute Gasteiger partial charge is 0.158 e. The lowest BCUT2D eigenvalue weighted by Gasteiger charge is -2.04. The molecule has 0 rings (SSSR count). The van der Waals surface area contributed by atoms with Crippen LogP contribution in [-0.4, -0.2) is 17.0 Å². The first-order valence-electron chi connectivity index (χ1n) is 4.37. The van der Waals surface area contributed by atoms with E-state index in [1.54, 1.807) is 0 Å².